The number of ether oxygens (including phenoxy) is 1. The van der Waals surface area contributed by atoms with Crippen molar-refractivity contribution in [3.05, 3.63) is 86.0 Å². The summed E-state index contributed by atoms with van der Waals surface area (Å²) >= 11 is 11.7. The number of nitrogens with two attached hydrogens (primary N) is 1. The van der Waals surface area contributed by atoms with E-state index in [4.69, 9.17) is 40.1 Å². The van der Waals surface area contributed by atoms with Gasteiger partial charge in [0.05, 0.1) is 28.3 Å². The largest absolute Gasteiger partial charge is 0.476 e. The molecule has 2 N–H and O–H groups in total. The average molecular weight is 569 g/mol. The molecule has 1 unspecified atom stereocenters. The minimum atomic E-state index is -0.762. The molecule has 0 saturated carbocycles. The van der Waals surface area contributed by atoms with Crippen LogP contribution < -0.4 is 20.9 Å². The molecule has 0 fully saturated rings. The molecule has 2 amide bonds. The fourth-order valence-corrected chi connectivity index (χ4v) is 4.49. The minimum absolute atomic E-state index is 0.00569. The van der Waals surface area contributed by atoms with Crippen LogP contribution in [0.1, 0.15) is 32.6 Å². The van der Waals surface area contributed by atoms with Crippen molar-refractivity contribution in [2.45, 2.75) is 38.7 Å². The summed E-state index contributed by atoms with van der Waals surface area (Å²) in [5.74, 6) is 0.807. The number of para-hydroxylation sites is 1. The summed E-state index contributed by atoms with van der Waals surface area (Å²) in [4.78, 5) is 37.7. The summed E-state index contributed by atoms with van der Waals surface area (Å²) in [6.45, 7) is 1.63. The Morgan fingerprint density at radius 3 is 2.28 bits per heavy atom. The number of halogens is 3. The maximum Gasteiger partial charge on any atom is 0.292 e. The quantitative estimate of drug-likeness (QED) is 0.347. The molecule has 1 aromatic heterocycles. The van der Waals surface area contributed by atoms with Crippen LogP contribution >= 0.6 is 23.2 Å². The second kappa shape index (κ2) is 11.7. The van der Waals surface area contributed by atoms with Gasteiger partial charge < -0.3 is 10.5 Å². The number of nitrogen functional groups attached to an aromatic ring is 1. The van der Waals surface area contributed by atoms with Crippen molar-refractivity contribution in [3.8, 4) is 23.8 Å². The van der Waals surface area contributed by atoms with Gasteiger partial charge in [0.1, 0.15) is 16.6 Å². The Morgan fingerprint density at radius 1 is 1.08 bits per heavy atom. The zero-order valence-electron chi connectivity index (χ0n) is 20.8. The van der Waals surface area contributed by atoms with Gasteiger partial charge in [-0.05, 0) is 50.8 Å². The summed E-state index contributed by atoms with van der Waals surface area (Å²) in [5.41, 5.74) is 6.70. The van der Waals surface area contributed by atoms with Crippen molar-refractivity contribution in [3.63, 3.8) is 0 Å². The van der Waals surface area contributed by atoms with E-state index in [1.165, 1.54) is 16.9 Å². The number of imide groups is 1. The van der Waals surface area contributed by atoms with Crippen LogP contribution in [0.4, 0.5) is 15.8 Å². The second-order valence-corrected chi connectivity index (χ2v) is 9.52. The maximum atomic E-state index is 14.4. The molecule has 1 atom stereocenters. The first kappa shape index (κ1) is 27.9. The Labute approximate surface area is 233 Å². The third-order valence-corrected chi connectivity index (χ3v) is 6.79. The van der Waals surface area contributed by atoms with Crippen molar-refractivity contribution in [2.24, 2.45) is 0 Å². The van der Waals surface area contributed by atoms with Gasteiger partial charge in [0.25, 0.3) is 17.4 Å². The summed E-state index contributed by atoms with van der Waals surface area (Å²) in [6.07, 6.45) is 8.83. The number of hydrogen-bond donors (Lipinski definition) is 1. The van der Waals surface area contributed by atoms with Gasteiger partial charge in [-0.3, -0.25) is 14.4 Å². The standard InChI is InChI=1S/C18H15ClFNO3.C10H8ClN3O/c1-3-10(2)24-16-9-15(14(20)8-13(16)19)21-17(22)11-6-4-5-7-12(11)18(21)23;11-9-8(12)6-13-14(10(9)15)7-4-2-1-3-5-7/h1,8-10H,4-7H2,2H3;1-6H,12H2. The third kappa shape index (κ3) is 5.67. The van der Waals surface area contributed by atoms with Crippen LogP contribution in [-0.4, -0.2) is 27.7 Å². The Kier molecular flexibility index (Phi) is 8.38. The Balaban J connectivity index is 0.000000202. The number of hydrogen-bond acceptors (Lipinski definition) is 6. The fraction of sp³-hybridized carbons (Fsp3) is 0.214. The molecule has 2 heterocycles. The maximum absolute atomic E-state index is 14.4. The molecule has 5 rings (SSSR count). The zero-order chi connectivity index (χ0) is 28.3. The number of anilines is 2. The number of terminal acetylenes is 1. The smallest absolute Gasteiger partial charge is 0.292 e. The van der Waals surface area contributed by atoms with Crippen molar-refractivity contribution >= 4 is 46.4 Å². The van der Waals surface area contributed by atoms with Gasteiger partial charge in [0.2, 0.25) is 0 Å². The predicted molar refractivity (Wildman–Crippen MR) is 148 cm³/mol. The highest BCUT2D eigenvalue weighted by molar-refractivity contribution is 6.34. The van der Waals surface area contributed by atoms with Crippen LogP contribution in [0.15, 0.2) is 64.6 Å². The lowest BCUT2D eigenvalue weighted by Gasteiger charge is -2.19. The van der Waals surface area contributed by atoms with Crippen molar-refractivity contribution < 1.29 is 18.7 Å². The summed E-state index contributed by atoms with van der Waals surface area (Å²) in [7, 11) is 0. The highest BCUT2D eigenvalue weighted by Gasteiger charge is 2.41. The van der Waals surface area contributed by atoms with Crippen LogP contribution in [0.25, 0.3) is 5.69 Å². The molecule has 0 spiro atoms. The van der Waals surface area contributed by atoms with E-state index in [-0.39, 0.29) is 27.2 Å². The minimum Gasteiger partial charge on any atom is -0.476 e. The van der Waals surface area contributed by atoms with Gasteiger partial charge in [0.15, 0.2) is 6.10 Å². The monoisotopic (exact) mass is 568 g/mol. The van der Waals surface area contributed by atoms with E-state index in [0.29, 0.717) is 29.7 Å². The van der Waals surface area contributed by atoms with Crippen LogP contribution in [0.2, 0.25) is 10.0 Å². The molecule has 200 valence electrons. The highest BCUT2D eigenvalue weighted by atomic mass is 35.5. The number of carbonyl (C=O) groups excluding carboxylic acids is 2. The topological polar surface area (TPSA) is 108 Å². The number of amides is 2. The van der Waals surface area contributed by atoms with Gasteiger partial charge >= 0.3 is 0 Å². The third-order valence-electron chi connectivity index (χ3n) is 6.12. The van der Waals surface area contributed by atoms with Crippen molar-refractivity contribution in [1.82, 2.24) is 9.78 Å². The molecule has 0 radical (unpaired) electrons. The summed E-state index contributed by atoms with van der Waals surface area (Å²) in [6, 6.07) is 11.3. The number of aromatic nitrogens is 2. The zero-order valence-corrected chi connectivity index (χ0v) is 22.3. The summed E-state index contributed by atoms with van der Waals surface area (Å²) in [5, 5.41) is 3.92. The molecule has 1 aliphatic carbocycles. The first-order valence-electron chi connectivity index (χ1n) is 11.9. The Morgan fingerprint density at radius 2 is 1.69 bits per heavy atom. The highest BCUT2D eigenvalue weighted by Crippen LogP contribution is 2.39. The first-order valence-corrected chi connectivity index (χ1v) is 12.7. The molecule has 2 aliphatic rings. The average Bonchev–Trinajstić information content (AvgIpc) is 3.19. The van der Waals surface area contributed by atoms with Crippen LogP contribution in [0.5, 0.6) is 5.75 Å². The van der Waals surface area contributed by atoms with E-state index >= 15 is 0 Å². The molecule has 2 aromatic carbocycles. The molecule has 39 heavy (non-hydrogen) atoms. The van der Waals surface area contributed by atoms with Gasteiger partial charge in [0, 0.05) is 17.2 Å². The van der Waals surface area contributed by atoms with E-state index in [9.17, 15) is 18.8 Å². The summed E-state index contributed by atoms with van der Waals surface area (Å²) < 4.78 is 21.0. The molecule has 0 saturated heterocycles. The predicted octanol–water partition coefficient (Wildman–Crippen LogP) is 5.09. The van der Waals surface area contributed by atoms with E-state index in [1.807, 2.05) is 18.2 Å². The van der Waals surface area contributed by atoms with E-state index in [0.717, 1.165) is 23.8 Å². The second-order valence-electron chi connectivity index (χ2n) is 8.74. The molecular weight excluding hydrogens is 546 g/mol. The first-order chi connectivity index (χ1) is 18.6. The lowest BCUT2D eigenvalue weighted by Crippen LogP contribution is -2.32. The lowest BCUT2D eigenvalue weighted by molar-refractivity contribution is -0.120. The number of nitrogens with zero attached hydrogens (tertiary/aromatic N) is 3. The van der Waals surface area contributed by atoms with Crippen molar-refractivity contribution in [1.29, 1.82) is 0 Å². The molecule has 3 aromatic rings. The van der Waals surface area contributed by atoms with Gasteiger partial charge in [-0.25, -0.2) is 9.29 Å². The lowest BCUT2D eigenvalue weighted by atomic mass is 9.93. The van der Waals surface area contributed by atoms with Gasteiger partial charge in [-0.15, -0.1) is 6.42 Å². The van der Waals surface area contributed by atoms with Crippen LogP contribution in [0.3, 0.4) is 0 Å². The van der Waals surface area contributed by atoms with Crippen molar-refractivity contribution in [2.75, 3.05) is 10.6 Å². The van der Waals surface area contributed by atoms with Crippen LogP contribution in [0, 0.1) is 18.2 Å². The molecule has 8 nitrogen and oxygen atoms in total. The normalized spacial score (nSPS) is 15.3. The SMILES string of the molecule is C#CC(C)Oc1cc(N2C(=O)C3=C(CCCC3)C2=O)c(F)cc1Cl.Nc1cnn(-c2ccccc2)c(=O)c1Cl. The van der Waals surface area contributed by atoms with E-state index in [1.54, 1.807) is 19.1 Å². The van der Waals surface area contributed by atoms with E-state index < -0.39 is 29.3 Å². The number of benzene rings is 2. The van der Waals surface area contributed by atoms with Gasteiger partial charge in [-0.2, -0.15) is 9.78 Å². The Bertz CT molecular complexity index is 1550. The van der Waals surface area contributed by atoms with Crippen LogP contribution in [-0.2, 0) is 9.59 Å². The molecule has 1 aliphatic heterocycles. The van der Waals surface area contributed by atoms with Gasteiger partial charge in [-0.1, -0.05) is 47.3 Å². The van der Waals surface area contributed by atoms with E-state index in [2.05, 4.69) is 11.0 Å². The number of rotatable bonds is 4. The molecular formula is C28H23Cl2FN4O4. The fourth-order valence-electron chi connectivity index (χ4n) is 4.16. The Hall–Kier alpha value is -4.13. The number of carbonyl (C=O) groups is 2. The molecule has 0 bridgehead atoms. The molecule has 11 heteroatoms.